The number of nitrogens with two attached hydrogens (primary N) is 1. The molecule has 0 heterocycles. The number of hydrogen-bond donors (Lipinski definition) is 1. The maximum absolute atomic E-state index is 5.95. The van der Waals surface area contributed by atoms with Crippen molar-refractivity contribution in [2.24, 2.45) is 5.73 Å². The van der Waals surface area contributed by atoms with E-state index in [2.05, 4.69) is 12.1 Å². The summed E-state index contributed by atoms with van der Waals surface area (Å²) in [6, 6.07) is 6.69. The second-order valence-electron chi connectivity index (χ2n) is 4.96. The van der Waals surface area contributed by atoms with Gasteiger partial charge >= 0.3 is 0 Å². The van der Waals surface area contributed by atoms with E-state index in [9.17, 15) is 0 Å². The summed E-state index contributed by atoms with van der Waals surface area (Å²) in [5, 5.41) is 0. The van der Waals surface area contributed by atoms with Crippen molar-refractivity contribution in [1.82, 2.24) is 0 Å². The third kappa shape index (κ3) is 2.96. The van der Waals surface area contributed by atoms with E-state index in [1.54, 1.807) is 7.11 Å². The SMILES string of the molecule is CCOc1ccc(C2CCC(N)CC2)cc1OC. The Morgan fingerprint density at radius 2 is 1.89 bits per heavy atom. The molecule has 0 aromatic heterocycles. The van der Waals surface area contributed by atoms with Crippen molar-refractivity contribution in [1.29, 1.82) is 0 Å². The minimum atomic E-state index is 0.394. The third-order valence-electron chi connectivity index (χ3n) is 3.73. The van der Waals surface area contributed by atoms with Crippen LogP contribution in [0.5, 0.6) is 11.5 Å². The smallest absolute Gasteiger partial charge is 0.161 e. The zero-order valence-corrected chi connectivity index (χ0v) is 11.3. The first-order valence-electron chi connectivity index (χ1n) is 6.81. The fourth-order valence-electron chi connectivity index (χ4n) is 2.67. The predicted molar refractivity (Wildman–Crippen MR) is 73.3 cm³/mol. The van der Waals surface area contributed by atoms with E-state index in [-0.39, 0.29) is 0 Å². The van der Waals surface area contributed by atoms with Gasteiger partial charge in [0, 0.05) is 6.04 Å². The van der Waals surface area contributed by atoms with Crippen LogP contribution in [-0.2, 0) is 0 Å². The lowest BCUT2D eigenvalue weighted by molar-refractivity contribution is 0.310. The van der Waals surface area contributed by atoms with Crippen LogP contribution in [0.4, 0.5) is 0 Å². The predicted octanol–water partition coefficient (Wildman–Crippen LogP) is 3.08. The molecule has 1 aliphatic carbocycles. The number of ether oxygens (including phenoxy) is 2. The van der Waals surface area contributed by atoms with Crippen LogP contribution in [0.2, 0.25) is 0 Å². The molecule has 3 nitrogen and oxygen atoms in total. The van der Waals surface area contributed by atoms with Gasteiger partial charge < -0.3 is 15.2 Å². The molecule has 1 aromatic rings. The lowest BCUT2D eigenvalue weighted by Crippen LogP contribution is -2.25. The number of rotatable bonds is 4. The van der Waals surface area contributed by atoms with E-state index in [1.807, 2.05) is 13.0 Å². The fraction of sp³-hybridized carbons (Fsp3) is 0.600. The van der Waals surface area contributed by atoms with Crippen LogP contribution >= 0.6 is 0 Å². The Labute approximate surface area is 109 Å². The minimum absolute atomic E-state index is 0.394. The molecule has 0 radical (unpaired) electrons. The van der Waals surface area contributed by atoms with Gasteiger partial charge in [0.15, 0.2) is 11.5 Å². The molecule has 0 spiro atoms. The second kappa shape index (κ2) is 6.10. The maximum atomic E-state index is 5.95. The topological polar surface area (TPSA) is 44.5 Å². The highest BCUT2D eigenvalue weighted by Gasteiger charge is 2.21. The molecule has 0 aliphatic heterocycles. The van der Waals surface area contributed by atoms with Crippen molar-refractivity contribution >= 4 is 0 Å². The van der Waals surface area contributed by atoms with Gasteiger partial charge in [-0.05, 0) is 56.2 Å². The summed E-state index contributed by atoms with van der Waals surface area (Å²) in [5.74, 6) is 2.29. The number of hydrogen-bond acceptors (Lipinski definition) is 3. The van der Waals surface area contributed by atoms with Gasteiger partial charge in [-0.1, -0.05) is 6.07 Å². The molecule has 2 N–H and O–H groups in total. The standard InChI is InChI=1S/C15H23NO2/c1-3-18-14-9-6-12(10-15(14)17-2)11-4-7-13(16)8-5-11/h6,9-11,13H,3-5,7-8,16H2,1-2H3. The molecule has 0 saturated heterocycles. The summed E-state index contributed by atoms with van der Waals surface area (Å²) < 4.78 is 10.9. The van der Waals surface area contributed by atoms with Crippen LogP contribution in [0.15, 0.2) is 18.2 Å². The fourth-order valence-corrected chi connectivity index (χ4v) is 2.67. The van der Waals surface area contributed by atoms with Crippen LogP contribution < -0.4 is 15.2 Å². The molecule has 100 valence electrons. The van der Waals surface area contributed by atoms with Crippen LogP contribution in [0, 0.1) is 0 Å². The van der Waals surface area contributed by atoms with Crippen molar-refractivity contribution in [3.8, 4) is 11.5 Å². The van der Waals surface area contributed by atoms with Crippen molar-refractivity contribution in [3.63, 3.8) is 0 Å². The molecule has 2 rings (SSSR count). The van der Waals surface area contributed by atoms with E-state index in [4.69, 9.17) is 15.2 Å². The van der Waals surface area contributed by atoms with Crippen molar-refractivity contribution in [3.05, 3.63) is 23.8 Å². The summed E-state index contributed by atoms with van der Waals surface area (Å²) in [4.78, 5) is 0. The van der Waals surface area contributed by atoms with Gasteiger partial charge in [-0.25, -0.2) is 0 Å². The van der Waals surface area contributed by atoms with E-state index in [0.717, 1.165) is 24.3 Å². The Hall–Kier alpha value is -1.22. The third-order valence-corrected chi connectivity index (χ3v) is 3.73. The first-order valence-corrected chi connectivity index (χ1v) is 6.81. The summed E-state index contributed by atoms with van der Waals surface area (Å²) in [7, 11) is 1.69. The first kappa shape index (κ1) is 13.2. The van der Waals surface area contributed by atoms with E-state index >= 15 is 0 Å². The summed E-state index contributed by atoms with van der Waals surface area (Å²) >= 11 is 0. The monoisotopic (exact) mass is 249 g/mol. The average Bonchev–Trinajstić information content (AvgIpc) is 2.40. The van der Waals surface area contributed by atoms with Gasteiger partial charge in [-0.2, -0.15) is 0 Å². The molecule has 0 bridgehead atoms. The van der Waals surface area contributed by atoms with Crippen molar-refractivity contribution in [2.75, 3.05) is 13.7 Å². The Morgan fingerprint density at radius 1 is 1.17 bits per heavy atom. The zero-order chi connectivity index (χ0) is 13.0. The number of benzene rings is 1. The highest BCUT2D eigenvalue weighted by molar-refractivity contribution is 5.44. The second-order valence-corrected chi connectivity index (χ2v) is 4.96. The molecule has 3 heteroatoms. The van der Waals surface area contributed by atoms with Crippen molar-refractivity contribution in [2.45, 2.75) is 44.6 Å². The Balaban J connectivity index is 2.14. The molecular formula is C15H23NO2. The lowest BCUT2D eigenvalue weighted by Gasteiger charge is -2.26. The van der Waals surface area contributed by atoms with Crippen LogP contribution in [0.25, 0.3) is 0 Å². The molecule has 18 heavy (non-hydrogen) atoms. The van der Waals surface area contributed by atoms with E-state index in [0.29, 0.717) is 18.6 Å². The molecule has 0 amide bonds. The van der Waals surface area contributed by atoms with Crippen LogP contribution in [0.1, 0.15) is 44.1 Å². The molecule has 1 aliphatic rings. The van der Waals surface area contributed by atoms with Crippen LogP contribution in [0.3, 0.4) is 0 Å². The largest absolute Gasteiger partial charge is 0.493 e. The number of methoxy groups -OCH3 is 1. The molecule has 1 fully saturated rings. The Morgan fingerprint density at radius 3 is 2.50 bits per heavy atom. The van der Waals surface area contributed by atoms with Gasteiger partial charge in [0.1, 0.15) is 0 Å². The van der Waals surface area contributed by atoms with Gasteiger partial charge in [0.2, 0.25) is 0 Å². The summed E-state index contributed by atoms with van der Waals surface area (Å²) in [6.45, 7) is 2.64. The quantitative estimate of drug-likeness (QED) is 0.892. The van der Waals surface area contributed by atoms with Gasteiger partial charge in [0.05, 0.1) is 13.7 Å². The van der Waals surface area contributed by atoms with E-state index in [1.165, 1.54) is 18.4 Å². The molecular weight excluding hydrogens is 226 g/mol. The highest BCUT2D eigenvalue weighted by atomic mass is 16.5. The van der Waals surface area contributed by atoms with Gasteiger partial charge in [0.25, 0.3) is 0 Å². The Kier molecular flexibility index (Phi) is 4.48. The summed E-state index contributed by atoms with van der Waals surface area (Å²) in [5.41, 5.74) is 7.30. The molecule has 0 atom stereocenters. The van der Waals surface area contributed by atoms with Crippen molar-refractivity contribution < 1.29 is 9.47 Å². The Bertz CT molecular complexity index is 384. The molecule has 1 aromatic carbocycles. The lowest BCUT2D eigenvalue weighted by atomic mass is 9.82. The molecule has 0 unspecified atom stereocenters. The average molecular weight is 249 g/mol. The highest BCUT2D eigenvalue weighted by Crippen LogP contribution is 2.36. The minimum Gasteiger partial charge on any atom is -0.493 e. The van der Waals surface area contributed by atoms with Gasteiger partial charge in [-0.3, -0.25) is 0 Å². The molecule has 1 saturated carbocycles. The maximum Gasteiger partial charge on any atom is 0.161 e. The van der Waals surface area contributed by atoms with E-state index < -0.39 is 0 Å². The van der Waals surface area contributed by atoms with Gasteiger partial charge in [-0.15, -0.1) is 0 Å². The first-order chi connectivity index (χ1) is 8.74. The summed E-state index contributed by atoms with van der Waals surface area (Å²) in [6.07, 6.45) is 4.61. The normalized spacial score (nSPS) is 23.7. The zero-order valence-electron chi connectivity index (χ0n) is 11.3. The van der Waals surface area contributed by atoms with Crippen LogP contribution in [-0.4, -0.2) is 19.8 Å².